The molecule has 0 bridgehead atoms. The van der Waals surface area contributed by atoms with Crippen molar-refractivity contribution in [3.8, 4) is 5.75 Å². The van der Waals surface area contributed by atoms with Gasteiger partial charge in [0, 0.05) is 0 Å². The molecule has 0 saturated heterocycles. The molecule has 2 N–H and O–H groups in total. The Labute approximate surface area is 117 Å². The van der Waals surface area contributed by atoms with Gasteiger partial charge in [-0.3, -0.25) is 0 Å². The molecule has 0 fully saturated rings. The molecule has 3 atom stereocenters. The zero-order chi connectivity index (χ0) is 13.9. The Morgan fingerprint density at radius 3 is 2.06 bits per heavy atom. The predicted octanol–water partition coefficient (Wildman–Crippen LogP) is 3.24. The normalized spacial score (nSPS) is 16.2. The molecule has 18 heavy (non-hydrogen) atoms. The van der Waals surface area contributed by atoms with Gasteiger partial charge < -0.3 is 14.9 Å². The molecule has 0 aliphatic rings. The first-order valence-electron chi connectivity index (χ1n) is 5.75. The Morgan fingerprint density at radius 1 is 1.17 bits per heavy atom. The molecule has 0 aromatic heterocycles. The largest absolute Gasteiger partial charge is 0.494 e. The van der Waals surface area contributed by atoms with E-state index >= 15 is 0 Å². The van der Waals surface area contributed by atoms with E-state index in [0.717, 1.165) is 5.56 Å². The van der Waals surface area contributed by atoms with Crippen LogP contribution >= 0.6 is 23.2 Å². The standard InChI is InChI=1S/C13H18Cl2O3/c1-7(4-12(17)8(2)16)9-5-10(14)13(18-3)11(15)6-9/h5-8,12,16-17H,4H2,1-3H3. The fourth-order valence-electron chi connectivity index (χ4n) is 1.75. The lowest BCUT2D eigenvalue weighted by atomic mass is 9.93. The fraction of sp³-hybridized carbons (Fsp3) is 0.538. The molecule has 3 nitrogen and oxygen atoms in total. The lowest BCUT2D eigenvalue weighted by molar-refractivity contribution is 0.0227. The highest BCUT2D eigenvalue weighted by Gasteiger charge is 2.18. The second-order valence-electron chi connectivity index (χ2n) is 4.46. The van der Waals surface area contributed by atoms with Crippen LogP contribution in [-0.2, 0) is 0 Å². The third-order valence-electron chi connectivity index (χ3n) is 2.95. The summed E-state index contributed by atoms with van der Waals surface area (Å²) in [6.07, 6.45) is -1.08. The lowest BCUT2D eigenvalue weighted by Crippen LogP contribution is -2.24. The third-order valence-corrected chi connectivity index (χ3v) is 3.51. The molecule has 0 radical (unpaired) electrons. The summed E-state index contributed by atoms with van der Waals surface area (Å²) in [6, 6.07) is 3.54. The van der Waals surface area contributed by atoms with Gasteiger partial charge >= 0.3 is 0 Å². The molecule has 1 aromatic rings. The zero-order valence-electron chi connectivity index (χ0n) is 10.7. The van der Waals surface area contributed by atoms with Crippen LogP contribution in [0.4, 0.5) is 0 Å². The summed E-state index contributed by atoms with van der Waals surface area (Å²) in [6.45, 7) is 3.51. The fourth-order valence-corrected chi connectivity index (χ4v) is 2.41. The van der Waals surface area contributed by atoms with Crippen molar-refractivity contribution in [1.82, 2.24) is 0 Å². The molecular weight excluding hydrogens is 275 g/mol. The lowest BCUT2D eigenvalue weighted by Gasteiger charge is -2.20. The van der Waals surface area contributed by atoms with E-state index in [1.54, 1.807) is 19.1 Å². The van der Waals surface area contributed by atoms with Gasteiger partial charge in [0.05, 0.1) is 29.4 Å². The molecule has 3 unspecified atom stereocenters. The maximum Gasteiger partial charge on any atom is 0.156 e. The van der Waals surface area contributed by atoms with Gasteiger partial charge in [0.25, 0.3) is 0 Å². The van der Waals surface area contributed by atoms with Gasteiger partial charge in [0.2, 0.25) is 0 Å². The second-order valence-corrected chi connectivity index (χ2v) is 5.28. The number of hydrogen-bond donors (Lipinski definition) is 2. The van der Waals surface area contributed by atoms with E-state index in [4.69, 9.17) is 27.9 Å². The monoisotopic (exact) mass is 292 g/mol. The van der Waals surface area contributed by atoms with Gasteiger partial charge in [-0.05, 0) is 37.0 Å². The van der Waals surface area contributed by atoms with Crippen LogP contribution in [0, 0.1) is 0 Å². The highest BCUT2D eigenvalue weighted by atomic mass is 35.5. The maximum atomic E-state index is 9.66. The van der Waals surface area contributed by atoms with E-state index in [0.29, 0.717) is 22.2 Å². The summed E-state index contributed by atoms with van der Waals surface area (Å²) in [7, 11) is 1.51. The molecule has 0 aliphatic heterocycles. The number of rotatable bonds is 5. The molecule has 5 heteroatoms. The SMILES string of the molecule is COc1c(Cl)cc(C(C)CC(O)C(C)O)cc1Cl. The highest BCUT2D eigenvalue weighted by Crippen LogP contribution is 2.36. The zero-order valence-corrected chi connectivity index (χ0v) is 12.2. The van der Waals surface area contributed by atoms with Crippen molar-refractivity contribution in [2.45, 2.75) is 38.4 Å². The first-order chi connectivity index (χ1) is 8.36. The van der Waals surface area contributed by atoms with Crippen LogP contribution in [0.15, 0.2) is 12.1 Å². The maximum absolute atomic E-state index is 9.66. The van der Waals surface area contributed by atoms with Gasteiger partial charge in [-0.2, -0.15) is 0 Å². The van der Waals surface area contributed by atoms with E-state index in [1.807, 2.05) is 6.92 Å². The van der Waals surface area contributed by atoms with Crippen molar-refractivity contribution in [2.75, 3.05) is 7.11 Å². The van der Waals surface area contributed by atoms with Crippen molar-refractivity contribution in [1.29, 1.82) is 0 Å². The molecule has 1 rings (SSSR count). The van der Waals surface area contributed by atoms with E-state index in [-0.39, 0.29) is 5.92 Å². The molecule has 0 spiro atoms. The van der Waals surface area contributed by atoms with Crippen LogP contribution in [0.3, 0.4) is 0 Å². The third kappa shape index (κ3) is 3.75. The summed E-state index contributed by atoms with van der Waals surface area (Å²) in [5, 5.41) is 19.8. The Kier molecular flexibility index (Phi) is 5.73. The predicted molar refractivity (Wildman–Crippen MR) is 73.7 cm³/mol. The van der Waals surface area contributed by atoms with Crippen LogP contribution in [0.25, 0.3) is 0 Å². The van der Waals surface area contributed by atoms with E-state index in [1.165, 1.54) is 7.11 Å². The molecule has 0 amide bonds. The number of benzene rings is 1. The van der Waals surface area contributed by atoms with Gasteiger partial charge in [-0.1, -0.05) is 30.1 Å². The number of aliphatic hydroxyl groups excluding tert-OH is 2. The molecule has 1 aromatic carbocycles. The summed E-state index contributed by atoms with van der Waals surface area (Å²) in [5.41, 5.74) is 0.908. The van der Waals surface area contributed by atoms with Crippen LogP contribution in [-0.4, -0.2) is 29.5 Å². The van der Waals surface area contributed by atoms with Crippen molar-refractivity contribution in [3.05, 3.63) is 27.7 Å². The van der Waals surface area contributed by atoms with Gasteiger partial charge in [0.1, 0.15) is 0 Å². The second kappa shape index (κ2) is 6.62. The van der Waals surface area contributed by atoms with E-state index < -0.39 is 12.2 Å². The van der Waals surface area contributed by atoms with Crippen molar-refractivity contribution >= 4 is 23.2 Å². The van der Waals surface area contributed by atoms with Crippen LogP contribution < -0.4 is 4.74 Å². The van der Waals surface area contributed by atoms with E-state index in [9.17, 15) is 10.2 Å². The number of halogens is 2. The molecule has 0 heterocycles. The first-order valence-corrected chi connectivity index (χ1v) is 6.51. The van der Waals surface area contributed by atoms with Crippen LogP contribution in [0.2, 0.25) is 10.0 Å². The number of ether oxygens (including phenoxy) is 1. The first kappa shape index (κ1) is 15.6. The van der Waals surface area contributed by atoms with E-state index in [2.05, 4.69) is 0 Å². The van der Waals surface area contributed by atoms with Crippen LogP contribution in [0.5, 0.6) is 5.75 Å². The molecule has 0 saturated carbocycles. The summed E-state index contributed by atoms with van der Waals surface area (Å²) in [4.78, 5) is 0. The number of methoxy groups -OCH3 is 1. The average molecular weight is 293 g/mol. The smallest absolute Gasteiger partial charge is 0.156 e. The summed E-state index contributed by atoms with van der Waals surface area (Å²) >= 11 is 12.1. The quantitative estimate of drug-likeness (QED) is 0.876. The Morgan fingerprint density at radius 2 is 1.67 bits per heavy atom. The number of hydrogen-bond acceptors (Lipinski definition) is 3. The van der Waals surface area contributed by atoms with Crippen molar-refractivity contribution in [3.63, 3.8) is 0 Å². The number of aliphatic hydroxyl groups is 2. The summed E-state index contributed by atoms with van der Waals surface area (Å²) in [5.74, 6) is 0.487. The topological polar surface area (TPSA) is 49.7 Å². The van der Waals surface area contributed by atoms with Gasteiger partial charge in [-0.25, -0.2) is 0 Å². The average Bonchev–Trinajstić information content (AvgIpc) is 2.28. The summed E-state index contributed by atoms with van der Waals surface area (Å²) < 4.78 is 5.08. The Balaban J connectivity index is 2.90. The van der Waals surface area contributed by atoms with Gasteiger partial charge in [0.15, 0.2) is 5.75 Å². The van der Waals surface area contributed by atoms with Crippen molar-refractivity contribution in [2.24, 2.45) is 0 Å². The minimum absolute atomic E-state index is 0.0375. The molecule has 0 aliphatic carbocycles. The molecular formula is C13H18Cl2O3. The highest BCUT2D eigenvalue weighted by molar-refractivity contribution is 6.37. The Bertz CT molecular complexity index is 384. The Hall–Kier alpha value is -0.480. The van der Waals surface area contributed by atoms with Crippen LogP contribution in [0.1, 0.15) is 31.7 Å². The van der Waals surface area contributed by atoms with Crippen molar-refractivity contribution < 1.29 is 14.9 Å². The minimum Gasteiger partial charge on any atom is -0.494 e. The minimum atomic E-state index is -0.764. The van der Waals surface area contributed by atoms with Gasteiger partial charge in [-0.15, -0.1) is 0 Å². The molecule has 102 valence electrons.